The van der Waals surface area contributed by atoms with Crippen LogP contribution in [0.15, 0.2) is 12.4 Å². The Morgan fingerprint density at radius 3 is 2.44 bits per heavy atom. The van der Waals surface area contributed by atoms with Gasteiger partial charge in [0.1, 0.15) is 6.04 Å². The Morgan fingerprint density at radius 2 is 1.85 bits per heavy atom. The highest BCUT2D eigenvalue weighted by molar-refractivity contribution is 5.87. The van der Waals surface area contributed by atoms with Crippen LogP contribution in [-0.4, -0.2) is 71.6 Å². The van der Waals surface area contributed by atoms with E-state index in [2.05, 4.69) is 14.9 Å². The first kappa shape index (κ1) is 18.0. The molecule has 1 atom stereocenters. The molecule has 4 rings (SSSR count). The molecule has 8 nitrogen and oxygen atoms in total. The van der Waals surface area contributed by atoms with E-state index in [0.29, 0.717) is 13.0 Å². The van der Waals surface area contributed by atoms with E-state index in [1.165, 1.54) is 0 Å². The highest BCUT2D eigenvalue weighted by Gasteiger charge is 2.52. The Kier molecular flexibility index (Phi) is 4.44. The molecular weight excluding hydrogens is 346 g/mol. The molecule has 27 heavy (non-hydrogen) atoms. The predicted octanol–water partition coefficient (Wildman–Crippen LogP) is 1.22. The van der Waals surface area contributed by atoms with E-state index in [1.54, 1.807) is 17.3 Å². The van der Waals surface area contributed by atoms with Gasteiger partial charge in [0.2, 0.25) is 5.91 Å². The summed E-state index contributed by atoms with van der Waals surface area (Å²) in [4.78, 5) is 39.1. The first-order valence-corrected chi connectivity index (χ1v) is 9.67. The van der Waals surface area contributed by atoms with Crippen molar-refractivity contribution in [2.24, 2.45) is 11.3 Å². The number of aliphatic carboxylic acids is 1. The normalized spacial score (nSPS) is 24.3. The number of amides is 1. The van der Waals surface area contributed by atoms with Crippen molar-refractivity contribution in [3.8, 4) is 0 Å². The van der Waals surface area contributed by atoms with Gasteiger partial charge in [-0.3, -0.25) is 4.79 Å². The fourth-order valence-electron chi connectivity index (χ4n) is 4.49. The molecule has 1 aliphatic carbocycles. The van der Waals surface area contributed by atoms with Crippen molar-refractivity contribution in [2.75, 3.05) is 43.5 Å². The molecule has 3 fully saturated rings. The van der Waals surface area contributed by atoms with Crippen molar-refractivity contribution in [3.63, 3.8) is 0 Å². The van der Waals surface area contributed by atoms with Gasteiger partial charge in [-0.2, -0.15) is 0 Å². The lowest BCUT2D eigenvalue weighted by atomic mass is 9.76. The van der Waals surface area contributed by atoms with Gasteiger partial charge in [-0.25, -0.2) is 14.8 Å². The summed E-state index contributed by atoms with van der Waals surface area (Å²) in [6.45, 7) is 2.18. The van der Waals surface area contributed by atoms with Gasteiger partial charge in [0.05, 0.1) is 0 Å². The number of hydrogen-bond donors (Lipinski definition) is 1. The molecular formula is C19H27N5O3. The molecule has 8 heteroatoms. The lowest BCUT2D eigenvalue weighted by molar-refractivity contribution is -0.148. The minimum atomic E-state index is -0.868. The van der Waals surface area contributed by atoms with Crippen LogP contribution < -0.4 is 9.80 Å². The van der Waals surface area contributed by atoms with E-state index in [1.807, 2.05) is 19.0 Å². The standard InChI is InChI=1S/C19H27N5O3/c1-22(2)15-16(21-8-7-20-15)23-9-5-19(6-10-23)11-14(18(26)27)24(12-19)17(25)13-3-4-13/h7-8,13-14H,3-6,9-12H2,1-2H3,(H,26,27)/t14-/m1/s1. The molecule has 2 aliphatic heterocycles. The number of hydrogen-bond acceptors (Lipinski definition) is 6. The zero-order valence-electron chi connectivity index (χ0n) is 16.0. The van der Waals surface area contributed by atoms with Crippen molar-refractivity contribution in [2.45, 2.75) is 38.1 Å². The number of carbonyl (C=O) groups is 2. The highest BCUT2D eigenvalue weighted by Crippen LogP contribution is 2.46. The largest absolute Gasteiger partial charge is 0.480 e. The molecule has 0 radical (unpaired) electrons. The zero-order chi connectivity index (χ0) is 19.2. The molecule has 0 bridgehead atoms. The van der Waals surface area contributed by atoms with Crippen LogP contribution in [0.2, 0.25) is 0 Å². The second kappa shape index (κ2) is 6.65. The molecule has 0 unspecified atom stereocenters. The van der Waals surface area contributed by atoms with Gasteiger partial charge in [-0.05, 0) is 37.5 Å². The zero-order valence-corrected chi connectivity index (χ0v) is 16.0. The van der Waals surface area contributed by atoms with Gasteiger partial charge in [-0.1, -0.05) is 0 Å². The SMILES string of the molecule is CN(C)c1nccnc1N1CCC2(CC1)C[C@H](C(=O)O)N(C(=O)C1CC1)C2. The van der Waals surface area contributed by atoms with E-state index in [0.717, 1.165) is 50.4 Å². The molecule has 3 heterocycles. The van der Waals surface area contributed by atoms with Gasteiger partial charge in [-0.15, -0.1) is 0 Å². The van der Waals surface area contributed by atoms with Crippen LogP contribution in [0.4, 0.5) is 11.6 Å². The monoisotopic (exact) mass is 373 g/mol. The number of anilines is 2. The minimum absolute atomic E-state index is 0.0468. The number of carbonyl (C=O) groups excluding carboxylic acids is 1. The molecule has 1 aromatic heterocycles. The number of piperidine rings is 1. The fourth-order valence-corrected chi connectivity index (χ4v) is 4.49. The molecule has 146 valence electrons. The number of carboxylic acids is 1. The smallest absolute Gasteiger partial charge is 0.326 e. The quantitative estimate of drug-likeness (QED) is 0.849. The average Bonchev–Trinajstić information content (AvgIpc) is 3.44. The van der Waals surface area contributed by atoms with Crippen molar-refractivity contribution in [1.29, 1.82) is 0 Å². The summed E-state index contributed by atoms with van der Waals surface area (Å²) in [5, 5.41) is 9.65. The van der Waals surface area contributed by atoms with Gasteiger partial charge in [0.15, 0.2) is 11.6 Å². The molecule has 1 amide bonds. The number of likely N-dealkylation sites (tertiary alicyclic amines) is 1. The highest BCUT2D eigenvalue weighted by atomic mass is 16.4. The number of aromatic nitrogens is 2. The molecule has 1 saturated carbocycles. The van der Waals surface area contributed by atoms with E-state index in [9.17, 15) is 14.7 Å². The maximum Gasteiger partial charge on any atom is 0.326 e. The number of nitrogens with zero attached hydrogens (tertiary/aromatic N) is 5. The molecule has 0 aromatic carbocycles. The van der Waals surface area contributed by atoms with Crippen LogP contribution >= 0.6 is 0 Å². The summed E-state index contributed by atoms with van der Waals surface area (Å²) in [6.07, 6.45) is 7.52. The van der Waals surface area contributed by atoms with Crippen molar-refractivity contribution in [3.05, 3.63) is 12.4 Å². The lowest BCUT2D eigenvalue weighted by Gasteiger charge is -2.40. The van der Waals surface area contributed by atoms with E-state index < -0.39 is 12.0 Å². The molecule has 1 aromatic rings. The summed E-state index contributed by atoms with van der Waals surface area (Å²) in [5.41, 5.74) is -0.0927. The van der Waals surface area contributed by atoms with Gasteiger partial charge in [0, 0.05) is 52.0 Å². The molecule has 1 N–H and O–H groups in total. The predicted molar refractivity (Wildman–Crippen MR) is 101 cm³/mol. The summed E-state index contributed by atoms with van der Waals surface area (Å²) < 4.78 is 0. The summed E-state index contributed by atoms with van der Waals surface area (Å²) >= 11 is 0. The van der Waals surface area contributed by atoms with Crippen LogP contribution in [0.25, 0.3) is 0 Å². The maximum absolute atomic E-state index is 12.6. The van der Waals surface area contributed by atoms with Crippen LogP contribution in [0.5, 0.6) is 0 Å². The van der Waals surface area contributed by atoms with Crippen LogP contribution in [-0.2, 0) is 9.59 Å². The Labute approximate surface area is 159 Å². The Bertz CT molecular complexity index is 741. The van der Waals surface area contributed by atoms with Crippen LogP contribution in [0, 0.1) is 11.3 Å². The maximum atomic E-state index is 12.6. The van der Waals surface area contributed by atoms with Crippen molar-refractivity contribution in [1.82, 2.24) is 14.9 Å². The second-order valence-electron chi connectivity index (χ2n) is 8.38. The first-order valence-electron chi connectivity index (χ1n) is 9.67. The Balaban J connectivity index is 1.48. The van der Waals surface area contributed by atoms with E-state index in [-0.39, 0.29) is 17.2 Å². The Morgan fingerprint density at radius 1 is 1.19 bits per heavy atom. The third kappa shape index (κ3) is 3.33. The topological polar surface area (TPSA) is 89.9 Å². The van der Waals surface area contributed by atoms with Gasteiger partial charge < -0.3 is 19.8 Å². The van der Waals surface area contributed by atoms with Crippen molar-refractivity contribution >= 4 is 23.5 Å². The summed E-state index contributed by atoms with van der Waals surface area (Å²) in [7, 11) is 3.91. The third-order valence-electron chi connectivity index (χ3n) is 6.21. The van der Waals surface area contributed by atoms with E-state index in [4.69, 9.17) is 0 Å². The van der Waals surface area contributed by atoms with Crippen LogP contribution in [0.3, 0.4) is 0 Å². The summed E-state index contributed by atoms with van der Waals surface area (Å²) in [6, 6.07) is -0.668. The van der Waals surface area contributed by atoms with Crippen LogP contribution in [0.1, 0.15) is 32.1 Å². The minimum Gasteiger partial charge on any atom is -0.480 e. The van der Waals surface area contributed by atoms with Gasteiger partial charge >= 0.3 is 5.97 Å². The van der Waals surface area contributed by atoms with Crippen molar-refractivity contribution < 1.29 is 14.7 Å². The third-order valence-corrected chi connectivity index (χ3v) is 6.21. The average molecular weight is 373 g/mol. The number of carboxylic acid groups (broad SMARTS) is 1. The first-order chi connectivity index (χ1) is 12.9. The fraction of sp³-hybridized carbons (Fsp3) is 0.684. The molecule has 3 aliphatic rings. The molecule has 1 spiro atoms. The summed E-state index contributed by atoms with van der Waals surface area (Å²) in [5.74, 6) is 0.951. The Hall–Kier alpha value is -2.38. The second-order valence-corrected chi connectivity index (χ2v) is 8.38. The lowest BCUT2D eigenvalue weighted by Crippen LogP contribution is -2.44. The van der Waals surface area contributed by atoms with Gasteiger partial charge in [0.25, 0.3) is 0 Å². The van der Waals surface area contributed by atoms with E-state index >= 15 is 0 Å². The number of rotatable bonds is 4. The molecule has 2 saturated heterocycles.